The minimum Gasteiger partial charge on any atom is -0.512 e. The molecule has 104 valence electrons. The summed E-state index contributed by atoms with van der Waals surface area (Å²) in [6.07, 6.45) is 1.61. The van der Waals surface area contributed by atoms with Gasteiger partial charge in [-0.1, -0.05) is 11.6 Å². The van der Waals surface area contributed by atoms with Gasteiger partial charge in [0.1, 0.15) is 22.8 Å². The van der Waals surface area contributed by atoms with Crippen molar-refractivity contribution in [2.75, 3.05) is 5.32 Å². The lowest BCUT2D eigenvalue weighted by Gasteiger charge is -2.31. The molecule has 6 heteroatoms. The summed E-state index contributed by atoms with van der Waals surface area (Å²) in [5, 5.41) is 13.4. The van der Waals surface area contributed by atoms with Gasteiger partial charge in [-0.2, -0.15) is 0 Å². The zero-order valence-electron chi connectivity index (χ0n) is 10.9. The van der Waals surface area contributed by atoms with Gasteiger partial charge >= 0.3 is 5.97 Å². The van der Waals surface area contributed by atoms with Crippen molar-refractivity contribution in [1.82, 2.24) is 0 Å². The molecule has 0 saturated heterocycles. The molecule has 0 aromatic heterocycles. The van der Waals surface area contributed by atoms with E-state index in [1.165, 1.54) is 6.92 Å². The van der Waals surface area contributed by atoms with Crippen LogP contribution in [-0.2, 0) is 9.53 Å². The first-order chi connectivity index (χ1) is 9.41. The average molecular weight is 294 g/mol. The van der Waals surface area contributed by atoms with Crippen LogP contribution < -0.4 is 10.1 Å². The van der Waals surface area contributed by atoms with E-state index < -0.39 is 11.7 Å². The monoisotopic (exact) mass is 293 g/mol. The zero-order valence-corrected chi connectivity index (χ0v) is 11.6. The van der Waals surface area contributed by atoms with Gasteiger partial charge in [0, 0.05) is 11.1 Å². The molecule has 0 saturated carbocycles. The Balaban J connectivity index is 2.15. The van der Waals surface area contributed by atoms with E-state index in [0.29, 0.717) is 22.2 Å². The molecule has 0 fully saturated rings. The van der Waals surface area contributed by atoms with Gasteiger partial charge in [-0.3, -0.25) is 0 Å². The fraction of sp³-hybridized carbons (Fsp3) is 0.214. The average Bonchev–Trinajstić information content (AvgIpc) is 2.63. The lowest BCUT2D eigenvalue weighted by atomic mass is 9.98. The van der Waals surface area contributed by atoms with E-state index in [-0.39, 0.29) is 11.3 Å². The quantitative estimate of drug-likeness (QED) is 0.437. The number of hydrogen-bond donors (Lipinski definition) is 2. The highest BCUT2D eigenvalue weighted by Crippen LogP contribution is 2.44. The number of fused-ring (bicyclic) bond motifs is 1. The first-order valence-corrected chi connectivity index (χ1v) is 6.38. The summed E-state index contributed by atoms with van der Waals surface area (Å²) in [5.41, 5.74) is -0.587. The SMILES string of the molecule is CC1=C[C@@]2(Nc3cc(Cl)ccc3O2)C(=C(C)O)C(=O)O1. The van der Waals surface area contributed by atoms with Crippen molar-refractivity contribution in [3.63, 3.8) is 0 Å². The molecule has 1 spiro atoms. The molecule has 20 heavy (non-hydrogen) atoms. The highest BCUT2D eigenvalue weighted by atomic mass is 35.5. The highest BCUT2D eigenvalue weighted by molar-refractivity contribution is 6.31. The number of rotatable bonds is 0. The zero-order chi connectivity index (χ0) is 14.5. The number of carbonyl (C=O) groups excluding carboxylic acids is 1. The van der Waals surface area contributed by atoms with Crippen molar-refractivity contribution in [3.05, 3.63) is 46.4 Å². The summed E-state index contributed by atoms with van der Waals surface area (Å²) in [4.78, 5) is 12.0. The molecule has 0 aliphatic carbocycles. The number of halogens is 1. The first kappa shape index (κ1) is 12.9. The maximum absolute atomic E-state index is 12.0. The molecule has 2 heterocycles. The van der Waals surface area contributed by atoms with Crippen LogP contribution in [0.15, 0.2) is 41.4 Å². The second kappa shape index (κ2) is 4.18. The van der Waals surface area contributed by atoms with Crippen molar-refractivity contribution in [2.24, 2.45) is 0 Å². The van der Waals surface area contributed by atoms with Gasteiger partial charge in [0.15, 0.2) is 0 Å². The van der Waals surface area contributed by atoms with Crippen LogP contribution in [0.3, 0.4) is 0 Å². The number of aliphatic hydroxyl groups excluding tert-OH is 1. The highest BCUT2D eigenvalue weighted by Gasteiger charge is 2.49. The summed E-state index contributed by atoms with van der Waals surface area (Å²) in [6, 6.07) is 5.08. The molecule has 1 aromatic rings. The van der Waals surface area contributed by atoms with Gasteiger partial charge in [0.25, 0.3) is 0 Å². The topological polar surface area (TPSA) is 67.8 Å². The summed E-state index contributed by atoms with van der Waals surface area (Å²) in [6.45, 7) is 3.05. The number of allylic oxidation sites excluding steroid dienone is 2. The Morgan fingerprint density at radius 2 is 2.20 bits per heavy atom. The molecule has 1 aromatic carbocycles. The van der Waals surface area contributed by atoms with Crippen LogP contribution in [-0.4, -0.2) is 16.8 Å². The number of anilines is 1. The normalized spacial score (nSPS) is 26.4. The van der Waals surface area contributed by atoms with Crippen molar-refractivity contribution in [1.29, 1.82) is 0 Å². The molecule has 3 rings (SSSR count). The Bertz CT molecular complexity index is 676. The molecular formula is C14H12ClNO4. The number of esters is 1. The number of benzene rings is 1. The van der Waals surface area contributed by atoms with E-state index >= 15 is 0 Å². The van der Waals surface area contributed by atoms with E-state index in [4.69, 9.17) is 21.1 Å². The predicted octanol–water partition coefficient (Wildman–Crippen LogP) is 3.13. The molecule has 5 nitrogen and oxygen atoms in total. The molecule has 1 atom stereocenters. The third-order valence-electron chi connectivity index (χ3n) is 3.13. The lowest BCUT2D eigenvalue weighted by Crippen LogP contribution is -2.47. The Hall–Kier alpha value is -2.14. The maximum Gasteiger partial charge on any atom is 0.349 e. The fourth-order valence-corrected chi connectivity index (χ4v) is 2.59. The van der Waals surface area contributed by atoms with Crippen molar-refractivity contribution >= 4 is 23.3 Å². The van der Waals surface area contributed by atoms with Crippen molar-refractivity contribution in [3.8, 4) is 5.75 Å². The van der Waals surface area contributed by atoms with Crippen LogP contribution in [0.1, 0.15) is 13.8 Å². The molecular weight excluding hydrogens is 282 g/mol. The minimum atomic E-state index is -1.26. The molecule has 2 aliphatic heterocycles. The van der Waals surface area contributed by atoms with E-state index in [1.54, 1.807) is 31.2 Å². The molecule has 2 aliphatic rings. The Kier molecular flexibility index (Phi) is 2.69. The summed E-state index contributed by atoms with van der Waals surface area (Å²) in [5.74, 6) is 0.139. The molecule has 0 bridgehead atoms. The van der Waals surface area contributed by atoms with Gasteiger partial charge < -0.3 is 19.9 Å². The number of hydrogen-bond acceptors (Lipinski definition) is 5. The van der Waals surface area contributed by atoms with Gasteiger partial charge in [0.2, 0.25) is 5.72 Å². The van der Waals surface area contributed by atoms with E-state index in [2.05, 4.69) is 5.32 Å². The van der Waals surface area contributed by atoms with Gasteiger partial charge in [-0.05, 0) is 32.0 Å². The number of nitrogens with one attached hydrogen (secondary N) is 1. The van der Waals surface area contributed by atoms with Crippen LogP contribution in [0.5, 0.6) is 5.75 Å². The minimum absolute atomic E-state index is 0.0235. The number of carbonyl (C=O) groups is 1. The molecule has 0 radical (unpaired) electrons. The molecule has 0 unspecified atom stereocenters. The van der Waals surface area contributed by atoms with Crippen LogP contribution >= 0.6 is 11.6 Å². The van der Waals surface area contributed by atoms with Crippen molar-refractivity contribution < 1.29 is 19.4 Å². The van der Waals surface area contributed by atoms with Gasteiger partial charge in [0.05, 0.1) is 5.69 Å². The van der Waals surface area contributed by atoms with Crippen LogP contribution in [0.4, 0.5) is 5.69 Å². The summed E-state index contributed by atoms with van der Waals surface area (Å²) >= 11 is 5.94. The Morgan fingerprint density at radius 1 is 1.45 bits per heavy atom. The smallest absolute Gasteiger partial charge is 0.349 e. The van der Waals surface area contributed by atoms with E-state index in [1.807, 2.05) is 0 Å². The summed E-state index contributed by atoms with van der Waals surface area (Å²) in [7, 11) is 0. The second-order valence-corrected chi connectivity index (χ2v) is 5.14. The number of ether oxygens (including phenoxy) is 2. The predicted molar refractivity (Wildman–Crippen MR) is 73.6 cm³/mol. The molecule has 2 N–H and O–H groups in total. The Labute approximate surface area is 120 Å². The third-order valence-corrected chi connectivity index (χ3v) is 3.37. The van der Waals surface area contributed by atoms with Gasteiger partial charge in [-0.15, -0.1) is 0 Å². The standard InChI is InChI=1S/C14H12ClNO4/c1-7-6-14(12(8(2)17)13(18)19-7)16-10-5-9(15)3-4-11(10)20-14/h3-6,16-17H,1-2H3/t14-/m0/s1. The largest absolute Gasteiger partial charge is 0.512 e. The van der Waals surface area contributed by atoms with Crippen LogP contribution in [0.25, 0.3) is 0 Å². The first-order valence-electron chi connectivity index (χ1n) is 6.00. The molecule has 0 amide bonds. The fourth-order valence-electron chi connectivity index (χ4n) is 2.42. The number of aliphatic hydroxyl groups is 1. The van der Waals surface area contributed by atoms with E-state index in [9.17, 15) is 9.90 Å². The second-order valence-electron chi connectivity index (χ2n) is 4.71. The van der Waals surface area contributed by atoms with Crippen LogP contribution in [0.2, 0.25) is 5.02 Å². The summed E-state index contributed by atoms with van der Waals surface area (Å²) < 4.78 is 10.9. The van der Waals surface area contributed by atoms with Gasteiger partial charge in [-0.25, -0.2) is 4.79 Å². The Morgan fingerprint density at radius 3 is 2.90 bits per heavy atom. The van der Waals surface area contributed by atoms with Crippen molar-refractivity contribution in [2.45, 2.75) is 19.6 Å². The lowest BCUT2D eigenvalue weighted by molar-refractivity contribution is -0.138. The number of cyclic esters (lactones) is 1. The van der Waals surface area contributed by atoms with Crippen LogP contribution in [0, 0.1) is 0 Å². The van der Waals surface area contributed by atoms with E-state index in [0.717, 1.165) is 0 Å². The third kappa shape index (κ3) is 1.82. The maximum atomic E-state index is 12.0.